The molecule has 0 atom stereocenters. The van der Waals surface area contributed by atoms with Crippen molar-refractivity contribution in [2.24, 2.45) is 0 Å². The molecule has 12 heavy (non-hydrogen) atoms. The molecule has 0 spiro atoms. The van der Waals surface area contributed by atoms with Crippen molar-refractivity contribution in [3.63, 3.8) is 0 Å². The summed E-state index contributed by atoms with van der Waals surface area (Å²) in [7, 11) is 0. The second-order valence-electron chi connectivity index (χ2n) is 3.03. The van der Waals surface area contributed by atoms with Crippen molar-refractivity contribution in [3.05, 3.63) is 35.0 Å². The van der Waals surface area contributed by atoms with Gasteiger partial charge in [-0.2, -0.15) is 0 Å². The first-order valence-electron chi connectivity index (χ1n) is 4.05. The van der Waals surface area contributed by atoms with Gasteiger partial charge in [0.1, 0.15) is 0 Å². The highest BCUT2D eigenvalue weighted by Gasteiger charge is 2.43. The van der Waals surface area contributed by atoms with Crippen LogP contribution in [0, 0.1) is 11.8 Å². The third-order valence-electron chi connectivity index (χ3n) is 2.16. The molecule has 0 amide bonds. The summed E-state index contributed by atoms with van der Waals surface area (Å²) >= 11 is 1.81. The van der Waals surface area contributed by atoms with E-state index in [0.717, 1.165) is 0 Å². The number of hydrogen-bond donors (Lipinski definition) is 0. The lowest BCUT2D eigenvalue weighted by Gasteiger charge is -2.01. The number of hydrogen-bond acceptors (Lipinski definition) is 1. The standard InChI is InChI=1S/C11H10S/c1-2-3-6-11(7-8-11)10-5-4-9-12-10/h2,4-5,9H,1,7-8H2. The van der Waals surface area contributed by atoms with E-state index in [1.54, 1.807) is 17.4 Å². The van der Waals surface area contributed by atoms with E-state index < -0.39 is 0 Å². The molecule has 0 aromatic carbocycles. The van der Waals surface area contributed by atoms with Crippen molar-refractivity contribution in [1.29, 1.82) is 0 Å². The number of allylic oxidation sites excluding steroid dienone is 1. The largest absolute Gasteiger partial charge is 0.147 e. The molecule has 1 heteroatoms. The first-order valence-corrected chi connectivity index (χ1v) is 4.93. The third kappa shape index (κ3) is 1.19. The van der Waals surface area contributed by atoms with Crippen LogP contribution in [0.3, 0.4) is 0 Å². The maximum absolute atomic E-state index is 3.60. The molecule has 0 unspecified atom stereocenters. The van der Waals surface area contributed by atoms with E-state index in [-0.39, 0.29) is 5.41 Å². The molecule has 1 aliphatic rings. The third-order valence-corrected chi connectivity index (χ3v) is 3.23. The molecule has 1 heterocycles. The minimum atomic E-state index is 0.211. The Morgan fingerprint density at radius 2 is 2.42 bits per heavy atom. The highest BCUT2D eigenvalue weighted by molar-refractivity contribution is 7.10. The van der Waals surface area contributed by atoms with Crippen molar-refractivity contribution in [2.45, 2.75) is 18.3 Å². The van der Waals surface area contributed by atoms with E-state index in [1.807, 2.05) is 0 Å². The molecule has 0 radical (unpaired) electrons. The lowest BCUT2D eigenvalue weighted by Crippen LogP contribution is -1.98. The zero-order chi connectivity index (χ0) is 8.44. The number of rotatable bonds is 1. The van der Waals surface area contributed by atoms with E-state index in [0.29, 0.717) is 0 Å². The average molecular weight is 174 g/mol. The van der Waals surface area contributed by atoms with E-state index in [1.165, 1.54) is 17.7 Å². The smallest absolute Gasteiger partial charge is 0.0660 e. The molecular formula is C11H10S. The van der Waals surface area contributed by atoms with Gasteiger partial charge < -0.3 is 0 Å². The van der Waals surface area contributed by atoms with Gasteiger partial charge in [-0.3, -0.25) is 0 Å². The molecule has 1 aliphatic carbocycles. The Morgan fingerprint density at radius 3 is 2.92 bits per heavy atom. The van der Waals surface area contributed by atoms with E-state index in [9.17, 15) is 0 Å². The zero-order valence-electron chi connectivity index (χ0n) is 6.84. The predicted molar refractivity (Wildman–Crippen MR) is 53.2 cm³/mol. The minimum Gasteiger partial charge on any atom is -0.147 e. The van der Waals surface area contributed by atoms with Crippen LogP contribution in [0.5, 0.6) is 0 Å². The first kappa shape index (κ1) is 7.64. The fraction of sp³-hybridized carbons (Fsp3) is 0.273. The molecular weight excluding hydrogens is 164 g/mol. The first-order chi connectivity index (χ1) is 5.87. The van der Waals surface area contributed by atoms with Gasteiger partial charge in [-0.15, -0.1) is 11.3 Å². The normalized spacial score (nSPS) is 17.7. The average Bonchev–Trinajstić information content (AvgIpc) is 2.66. The van der Waals surface area contributed by atoms with Crippen molar-refractivity contribution < 1.29 is 0 Å². The lowest BCUT2D eigenvalue weighted by atomic mass is 10.1. The van der Waals surface area contributed by atoms with Crippen LogP contribution in [0.15, 0.2) is 30.2 Å². The van der Waals surface area contributed by atoms with E-state index >= 15 is 0 Å². The Bertz CT molecular complexity index is 331. The summed E-state index contributed by atoms with van der Waals surface area (Å²) in [5.74, 6) is 6.22. The van der Waals surface area contributed by atoms with Crippen molar-refractivity contribution in [3.8, 4) is 11.8 Å². The van der Waals surface area contributed by atoms with Crippen molar-refractivity contribution >= 4 is 11.3 Å². The number of thiophene rings is 1. The minimum absolute atomic E-state index is 0.211. The second-order valence-corrected chi connectivity index (χ2v) is 3.98. The Hall–Kier alpha value is -1.000. The topological polar surface area (TPSA) is 0 Å². The summed E-state index contributed by atoms with van der Waals surface area (Å²) in [4.78, 5) is 1.41. The van der Waals surface area contributed by atoms with Gasteiger partial charge in [0.15, 0.2) is 0 Å². The van der Waals surface area contributed by atoms with Gasteiger partial charge in [0.2, 0.25) is 0 Å². The van der Waals surface area contributed by atoms with E-state index in [4.69, 9.17) is 0 Å². The summed E-state index contributed by atoms with van der Waals surface area (Å²) in [5, 5.41) is 2.12. The molecule has 0 bridgehead atoms. The van der Waals surface area contributed by atoms with Crippen LogP contribution in [-0.2, 0) is 5.41 Å². The Labute approximate surface area is 76.9 Å². The van der Waals surface area contributed by atoms with Crippen LogP contribution >= 0.6 is 11.3 Å². The van der Waals surface area contributed by atoms with Crippen molar-refractivity contribution in [2.75, 3.05) is 0 Å². The Balaban J connectivity index is 2.28. The van der Waals surface area contributed by atoms with Crippen LogP contribution in [-0.4, -0.2) is 0 Å². The highest BCUT2D eigenvalue weighted by atomic mass is 32.1. The second kappa shape index (κ2) is 2.80. The molecule has 0 aliphatic heterocycles. The van der Waals surface area contributed by atoms with Crippen LogP contribution in [0.1, 0.15) is 17.7 Å². The molecule has 1 aromatic heterocycles. The van der Waals surface area contributed by atoms with E-state index in [2.05, 4.69) is 35.9 Å². The zero-order valence-corrected chi connectivity index (χ0v) is 7.66. The van der Waals surface area contributed by atoms with Crippen LogP contribution in [0.2, 0.25) is 0 Å². The van der Waals surface area contributed by atoms with Gasteiger partial charge >= 0.3 is 0 Å². The Kier molecular flexibility index (Phi) is 1.78. The molecule has 1 fully saturated rings. The fourth-order valence-electron chi connectivity index (χ4n) is 1.30. The van der Waals surface area contributed by atoms with Gasteiger partial charge in [-0.1, -0.05) is 24.5 Å². The van der Waals surface area contributed by atoms with Gasteiger partial charge in [-0.05, 0) is 30.4 Å². The monoisotopic (exact) mass is 174 g/mol. The van der Waals surface area contributed by atoms with Crippen LogP contribution in [0.25, 0.3) is 0 Å². The quantitative estimate of drug-likeness (QED) is 0.574. The van der Waals surface area contributed by atoms with Gasteiger partial charge in [0, 0.05) is 4.88 Å². The predicted octanol–water partition coefficient (Wildman–Crippen LogP) is 2.97. The van der Waals surface area contributed by atoms with Gasteiger partial charge in [0.05, 0.1) is 5.41 Å². The molecule has 1 aromatic rings. The van der Waals surface area contributed by atoms with Crippen molar-refractivity contribution in [1.82, 2.24) is 0 Å². The SMILES string of the molecule is C=CC#CC1(c2cccs2)CC1. The highest BCUT2D eigenvalue weighted by Crippen LogP contribution is 2.49. The molecule has 0 saturated heterocycles. The maximum Gasteiger partial charge on any atom is 0.0660 e. The summed E-state index contributed by atoms with van der Waals surface area (Å²) in [5.41, 5.74) is 0.211. The van der Waals surface area contributed by atoms with Crippen LogP contribution in [0.4, 0.5) is 0 Å². The maximum atomic E-state index is 3.60. The van der Waals surface area contributed by atoms with Crippen LogP contribution < -0.4 is 0 Å². The summed E-state index contributed by atoms with van der Waals surface area (Å²) in [6.45, 7) is 3.60. The molecule has 0 N–H and O–H groups in total. The molecule has 1 saturated carbocycles. The summed E-state index contributed by atoms with van der Waals surface area (Å²) < 4.78 is 0. The summed E-state index contributed by atoms with van der Waals surface area (Å²) in [6.07, 6.45) is 4.11. The molecule has 2 rings (SSSR count). The molecule has 0 nitrogen and oxygen atoms in total. The Morgan fingerprint density at radius 1 is 1.58 bits per heavy atom. The fourth-order valence-corrected chi connectivity index (χ4v) is 2.24. The molecule has 60 valence electrons. The van der Waals surface area contributed by atoms with Gasteiger partial charge in [-0.25, -0.2) is 0 Å². The summed E-state index contributed by atoms with van der Waals surface area (Å²) in [6, 6.07) is 4.27. The van der Waals surface area contributed by atoms with Gasteiger partial charge in [0.25, 0.3) is 0 Å². The lowest BCUT2D eigenvalue weighted by molar-refractivity contribution is 0.961.